The first-order valence-corrected chi connectivity index (χ1v) is 13.1. The van der Waals surface area contributed by atoms with Crippen LogP contribution in [0.1, 0.15) is 45.2 Å². The van der Waals surface area contributed by atoms with Crippen molar-refractivity contribution in [1.82, 2.24) is 10.2 Å². The molecule has 0 unspecified atom stereocenters. The molecule has 0 aliphatic heterocycles. The monoisotopic (exact) mass is 558 g/mol. The van der Waals surface area contributed by atoms with E-state index >= 15 is 0 Å². The molecule has 8 heteroatoms. The zero-order valence-corrected chi connectivity index (χ0v) is 22.7. The van der Waals surface area contributed by atoms with Crippen LogP contribution in [0.25, 0.3) is 0 Å². The fourth-order valence-corrected chi connectivity index (χ4v) is 4.73. The third kappa shape index (κ3) is 8.62. The SMILES string of the molecule is CC[C@H](C(=O)NC(C)(C)C)N(Cc1ccc(Cl)cc1Cl)C(=O)CSCc1ccc(Br)cc1. The van der Waals surface area contributed by atoms with E-state index in [2.05, 4.69) is 21.2 Å². The lowest BCUT2D eigenvalue weighted by Crippen LogP contribution is -2.53. The second-order valence-electron chi connectivity index (χ2n) is 8.54. The molecule has 2 rings (SSSR count). The molecule has 0 bridgehead atoms. The molecule has 0 fully saturated rings. The van der Waals surface area contributed by atoms with Crippen molar-refractivity contribution in [3.63, 3.8) is 0 Å². The van der Waals surface area contributed by atoms with Gasteiger partial charge in [0, 0.05) is 32.4 Å². The molecule has 0 aliphatic carbocycles. The fraction of sp³-hybridized carbons (Fsp3) is 0.417. The summed E-state index contributed by atoms with van der Waals surface area (Å²) < 4.78 is 1.02. The van der Waals surface area contributed by atoms with Crippen molar-refractivity contribution in [3.8, 4) is 0 Å². The van der Waals surface area contributed by atoms with Crippen molar-refractivity contribution in [1.29, 1.82) is 0 Å². The van der Waals surface area contributed by atoms with Gasteiger partial charge >= 0.3 is 0 Å². The molecule has 0 saturated carbocycles. The lowest BCUT2D eigenvalue weighted by molar-refractivity contribution is -0.140. The Morgan fingerprint density at radius 1 is 1.12 bits per heavy atom. The van der Waals surface area contributed by atoms with Gasteiger partial charge in [0.05, 0.1) is 5.75 Å². The Morgan fingerprint density at radius 3 is 2.34 bits per heavy atom. The minimum atomic E-state index is -0.596. The zero-order valence-electron chi connectivity index (χ0n) is 18.8. The van der Waals surface area contributed by atoms with E-state index in [1.807, 2.05) is 52.0 Å². The number of rotatable bonds is 9. The van der Waals surface area contributed by atoms with Crippen molar-refractivity contribution in [2.24, 2.45) is 0 Å². The lowest BCUT2D eigenvalue weighted by Gasteiger charge is -2.33. The van der Waals surface area contributed by atoms with E-state index in [-0.39, 0.29) is 24.1 Å². The molecule has 0 saturated heterocycles. The van der Waals surface area contributed by atoms with Gasteiger partial charge in [-0.05, 0) is 62.6 Å². The summed E-state index contributed by atoms with van der Waals surface area (Å²) >= 11 is 17.4. The largest absolute Gasteiger partial charge is 0.350 e. The standard InChI is InChI=1S/C24H29BrCl2N2O2S/c1-5-21(23(31)28-24(2,3)4)29(13-17-8-11-19(26)12-20(17)27)22(30)15-32-14-16-6-9-18(25)10-7-16/h6-12,21H,5,13-15H2,1-4H3,(H,28,31)/t21-/m1/s1. The summed E-state index contributed by atoms with van der Waals surface area (Å²) in [4.78, 5) is 27.9. The molecule has 0 heterocycles. The minimum Gasteiger partial charge on any atom is -0.350 e. The number of halogens is 3. The Morgan fingerprint density at radius 2 is 1.78 bits per heavy atom. The number of carbonyl (C=O) groups excluding carboxylic acids is 2. The van der Waals surface area contributed by atoms with E-state index in [4.69, 9.17) is 23.2 Å². The van der Waals surface area contributed by atoms with Crippen LogP contribution in [0, 0.1) is 0 Å². The highest BCUT2D eigenvalue weighted by atomic mass is 79.9. The van der Waals surface area contributed by atoms with Crippen molar-refractivity contribution >= 4 is 62.7 Å². The Balaban J connectivity index is 2.19. The normalized spacial score (nSPS) is 12.3. The van der Waals surface area contributed by atoms with Crippen LogP contribution in [0.4, 0.5) is 0 Å². The Labute approximate surface area is 213 Å². The van der Waals surface area contributed by atoms with Crippen LogP contribution in [-0.4, -0.2) is 34.0 Å². The van der Waals surface area contributed by atoms with E-state index in [0.717, 1.165) is 15.6 Å². The summed E-state index contributed by atoms with van der Waals surface area (Å²) in [6.07, 6.45) is 0.496. The Bertz CT molecular complexity index is 933. The highest BCUT2D eigenvalue weighted by Crippen LogP contribution is 2.25. The number of amides is 2. The van der Waals surface area contributed by atoms with Crippen LogP contribution in [-0.2, 0) is 21.9 Å². The van der Waals surface area contributed by atoms with E-state index < -0.39 is 11.6 Å². The summed E-state index contributed by atoms with van der Waals surface area (Å²) in [5.41, 5.74) is 1.49. The first-order valence-electron chi connectivity index (χ1n) is 10.4. The average molecular weight is 560 g/mol. The molecule has 1 N–H and O–H groups in total. The van der Waals surface area contributed by atoms with Crippen LogP contribution in [0.3, 0.4) is 0 Å². The van der Waals surface area contributed by atoms with Gasteiger partial charge in [-0.3, -0.25) is 9.59 Å². The third-order valence-corrected chi connectivity index (χ3v) is 6.75. The van der Waals surface area contributed by atoms with Gasteiger partial charge in [0.2, 0.25) is 11.8 Å². The van der Waals surface area contributed by atoms with Gasteiger partial charge in [0.25, 0.3) is 0 Å². The van der Waals surface area contributed by atoms with Gasteiger partial charge in [0.1, 0.15) is 6.04 Å². The van der Waals surface area contributed by atoms with Crippen LogP contribution < -0.4 is 5.32 Å². The van der Waals surface area contributed by atoms with Gasteiger partial charge in [-0.1, -0.05) is 64.3 Å². The second-order valence-corrected chi connectivity index (χ2v) is 11.3. The summed E-state index contributed by atoms with van der Waals surface area (Å²) in [6, 6.07) is 12.6. The van der Waals surface area contributed by atoms with Gasteiger partial charge in [-0.2, -0.15) is 0 Å². The van der Waals surface area contributed by atoms with E-state index in [9.17, 15) is 9.59 Å². The highest BCUT2D eigenvalue weighted by Gasteiger charge is 2.30. The summed E-state index contributed by atoms with van der Waals surface area (Å²) in [6.45, 7) is 7.92. The molecule has 0 aliphatic rings. The lowest BCUT2D eigenvalue weighted by atomic mass is 10.1. The van der Waals surface area contributed by atoms with Crippen molar-refractivity contribution < 1.29 is 9.59 Å². The first-order chi connectivity index (χ1) is 15.0. The quantitative estimate of drug-likeness (QED) is 0.371. The number of carbonyl (C=O) groups is 2. The third-order valence-electron chi connectivity index (χ3n) is 4.65. The molecule has 1 atom stereocenters. The maximum Gasteiger partial charge on any atom is 0.243 e. The van der Waals surface area contributed by atoms with E-state index in [1.54, 1.807) is 23.1 Å². The summed E-state index contributed by atoms with van der Waals surface area (Å²) in [7, 11) is 0. The number of nitrogens with one attached hydrogen (secondary N) is 1. The van der Waals surface area contributed by atoms with Crippen LogP contribution >= 0.6 is 50.9 Å². The fourth-order valence-electron chi connectivity index (χ4n) is 3.13. The van der Waals surface area contributed by atoms with Crippen LogP contribution in [0.5, 0.6) is 0 Å². The highest BCUT2D eigenvalue weighted by molar-refractivity contribution is 9.10. The molecule has 2 amide bonds. The number of thioether (sulfide) groups is 1. The van der Waals surface area contributed by atoms with Gasteiger partial charge < -0.3 is 10.2 Å². The molecule has 174 valence electrons. The number of nitrogens with zero attached hydrogens (tertiary/aromatic N) is 1. The molecule has 2 aromatic carbocycles. The van der Waals surface area contributed by atoms with Crippen molar-refractivity contribution in [2.75, 3.05) is 5.75 Å². The molecular weight excluding hydrogens is 531 g/mol. The molecule has 0 radical (unpaired) electrons. The van der Waals surface area contributed by atoms with E-state index in [0.29, 0.717) is 22.2 Å². The van der Waals surface area contributed by atoms with Crippen molar-refractivity contribution in [3.05, 3.63) is 68.1 Å². The minimum absolute atomic E-state index is 0.103. The second kappa shape index (κ2) is 12.3. The number of hydrogen-bond acceptors (Lipinski definition) is 3. The molecule has 4 nitrogen and oxygen atoms in total. The Hall–Kier alpha value is -1.21. The predicted molar refractivity (Wildman–Crippen MR) is 139 cm³/mol. The van der Waals surface area contributed by atoms with E-state index in [1.165, 1.54) is 11.8 Å². The molecule has 0 aromatic heterocycles. The smallest absolute Gasteiger partial charge is 0.243 e. The van der Waals surface area contributed by atoms with Gasteiger partial charge in [0.15, 0.2) is 0 Å². The maximum atomic E-state index is 13.3. The zero-order chi connectivity index (χ0) is 23.9. The predicted octanol–water partition coefficient (Wildman–Crippen LogP) is 6.71. The average Bonchev–Trinajstić information content (AvgIpc) is 2.69. The summed E-state index contributed by atoms with van der Waals surface area (Å²) in [5.74, 6) is 0.700. The molecule has 32 heavy (non-hydrogen) atoms. The maximum absolute atomic E-state index is 13.3. The molecular formula is C24H29BrCl2N2O2S. The van der Waals surface area contributed by atoms with Gasteiger partial charge in [-0.25, -0.2) is 0 Å². The number of benzene rings is 2. The number of hydrogen-bond donors (Lipinski definition) is 1. The topological polar surface area (TPSA) is 49.4 Å². The van der Waals surface area contributed by atoms with Crippen LogP contribution in [0.2, 0.25) is 10.0 Å². The van der Waals surface area contributed by atoms with Crippen LogP contribution in [0.15, 0.2) is 46.9 Å². The molecule has 2 aromatic rings. The first kappa shape index (κ1) is 27.0. The Kier molecular flexibility index (Phi) is 10.4. The van der Waals surface area contributed by atoms with Gasteiger partial charge in [-0.15, -0.1) is 11.8 Å². The van der Waals surface area contributed by atoms with Crippen molar-refractivity contribution in [2.45, 2.75) is 58.0 Å². The summed E-state index contributed by atoms with van der Waals surface area (Å²) in [5, 5.41) is 4.01. The molecule has 0 spiro atoms.